The second kappa shape index (κ2) is 9.10. The highest BCUT2D eigenvalue weighted by Gasteiger charge is 2.27. The lowest BCUT2D eigenvalue weighted by molar-refractivity contribution is 0.0730. The van der Waals surface area contributed by atoms with Crippen LogP contribution in [0.2, 0.25) is 0 Å². The Morgan fingerprint density at radius 1 is 0.970 bits per heavy atom. The third-order valence-corrected chi connectivity index (χ3v) is 6.97. The van der Waals surface area contributed by atoms with Gasteiger partial charge in [0, 0.05) is 30.1 Å². The molecule has 1 fully saturated rings. The molecule has 0 aliphatic carbocycles. The maximum atomic E-state index is 13.8. The third-order valence-electron chi connectivity index (χ3n) is 5.08. The summed E-state index contributed by atoms with van der Waals surface area (Å²) in [6, 6.07) is 10.2. The largest absolute Gasteiger partial charge is 0.379 e. The zero-order valence-electron chi connectivity index (χ0n) is 17.1. The van der Waals surface area contributed by atoms with Crippen LogP contribution in [-0.2, 0) is 14.8 Å². The van der Waals surface area contributed by atoms with E-state index in [1.807, 2.05) is 0 Å². The molecule has 2 heterocycles. The van der Waals surface area contributed by atoms with Crippen LogP contribution in [0.25, 0.3) is 10.9 Å². The number of amides is 2. The SMILES string of the molecule is O=C(NNC(=O)c1cc(=O)[nH]c2ccc(S(=O)(=O)N3CCOCC3)cc12)c1ccccc1F. The Morgan fingerprint density at radius 3 is 2.33 bits per heavy atom. The van der Waals surface area contributed by atoms with Crippen molar-refractivity contribution in [2.45, 2.75) is 4.90 Å². The van der Waals surface area contributed by atoms with Crippen molar-refractivity contribution in [1.82, 2.24) is 20.1 Å². The number of nitrogens with one attached hydrogen (secondary N) is 3. The minimum atomic E-state index is -3.85. The van der Waals surface area contributed by atoms with Crippen molar-refractivity contribution in [3.8, 4) is 0 Å². The van der Waals surface area contributed by atoms with E-state index in [0.717, 1.165) is 12.1 Å². The Balaban J connectivity index is 1.64. The molecule has 2 amide bonds. The van der Waals surface area contributed by atoms with Crippen molar-refractivity contribution in [2.75, 3.05) is 26.3 Å². The van der Waals surface area contributed by atoms with Crippen LogP contribution < -0.4 is 16.4 Å². The van der Waals surface area contributed by atoms with Gasteiger partial charge in [-0.2, -0.15) is 4.31 Å². The molecule has 3 N–H and O–H groups in total. The van der Waals surface area contributed by atoms with Gasteiger partial charge in [0.15, 0.2) is 0 Å². The topological polar surface area (TPSA) is 138 Å². The molecule has 1 aromatic heterocycles. The number of hydrogen-bond acceptors (Lipinski definition) is 6. The summed E-state index contributed by atoms with van der Waals surface area (Å²) in [4.78, 5) is 39.4. The summed E-state index contributed by atoms with van der Waals surface area (Å²) in [6.45, 7) is 0.938. The number of ether oxygens (including phenoxy) is 1. The van der Waals surface area contributed by atoms with Crippen LogP contribution in [0, 0.1) is 5.82 Å². The Morgan fingerprint density at radius 2 is 1.64 bits per heavy atom. The lowest BCUT2D eigenvalue weighted by atomic mass is 10.1. The van der Waals surface area contributed by atoms with E-state index in [4.69, 9.17) is 4.74 Å². The number of carbonyl (C=O) groups is 2. The van der Waals surface area contributed by atoms with E-state index < -0.39 is 33.2 Å². The van der Waals surface area contributed by atoms with Crippen molar-refractivity contribution < 1.29 is 27.1 Å². The number of carbonyl (C=O) groups excluding carboxylic acids is 2. The Bertz CT molecular complexity index is 1400. The summed E-state index contributed by atoms with van der Waals surface area (Å²) in [7, 11) is -3.85. The fourth-order valence-electron chi connectivity index (χ4n) is 3.41. The molecule has 0 unspecified atom stereocenters. The molecule has 172 valence electrons. The molecule has 1 aliphatic heterocycles. The van der Waals surface area contributed by atoms with Gasteiger partial charge < -0.3 is 9.72 Å². The molecule has 0 bridgehead atoms. The van der Waals surface area contributed by atoms with Gasteiger partial charge in [0.05, 0.1) is 29.2 Å². The number of hydrazine groups is 1. The molecule has 0 spiro atoms. The molecule has 0 saturated carbocycles. The molecular formula is C21H19FN4O6S. The van der Waals surface area contributed by atoms with Crippen molar-refractivity contribution in [3.05, 3.63) is 75.8 Å². The number of halogens is 1. The molecule has 12 heteroatoms. The summed E-state index contributed by atoms with van der Waals surface area (Å²) in [5.41, 5.74) is 3.40. The van der Waals surface area contributed by atoms with E-state index in [0.29, 0.717) is 0 Å². The Kier molecular flexibility index (Phi) is 6.22. The van der Waals surface area contributed by atoms with E-state index in [9.17, 15) is 27.2 Å². The standard InChI is InChI=1S/C21H19FN4O6S/c22-17-4-2-1-3-14(17)20(28)24-25-21(29)16-12-19(27)23-18-6-5-13(11-15(16)18)33(30,31)26-7-9-32-10-8-26/h1-6,11-12H,7-10H2,(H,23,27)(H,24,28)(H,25,29). The van der Waals surface area contributed by atoms with Crippen molar-refractivity contribution in [2.24, 2.45) is 0 Å². The van der Waals surface area contributed by atoms with E-state index >= 15 is 0 Å². The number of sulfonamides is 1. The van der Waals surface area contributed by atoms with Gasteiger partial charge >= 0.3 is 0 Å². The van der Waals surface area contributed by atoms with Crippen LogP contribution in [0.4, 0.5) is 4.39 Å². The first-order valence-electron chi connectivity index (χ1n) is 9.87. The Hall–Kier alpha value is -3.61. The van der Waals surface area contributed by atoms with Crippen molar-refractivity contribution >= 4 is 32.7 Å². The van der Waals surface area contributed by atoms with E-state index in [-0.39, 0.29) is 53.2 Å². The van der Waals surface area contributed by atoms with Gasteiger partial charge in [-0.25, -0.2) is 12.8 Å². The minimum Gasteiger partial charge on any atom is -0.379 e. The lowest BCUT2D eigenvalue weighted by Gasteiger charge is -2.26. The van der Waals surface area contributed by atoms with Gasteiger partial charge in [-0.1, -0.05) is 12.1 Å². The molecule has 1 aliphatic rings. The first-order chi connectivity index (χ1) is 15.8. The van der Waals surface area contributed by atoms with Gasteiger partial charge in [-0.15, -0.1) is 0 Å². The summed E-state index contributed by atoms with van der Waals surface area (Å²) in [5.74, 6) is -2.55. The number of fused-ring (bicyclic) bond motifs is 1. The van der Waals surface area contributed by atoms with Crippen molar-refractivity contribution in [3.63, 3.8) is 0 Å². The predicted molar refractivity (Wildman–Crippen MR) is 115 cm³/mol. The fraction of sp³-hybridized carbons (Fsp3) is 0.190. The number of pyridine rings is 1. The van der Waals surface area contributed by atoms with E-state index in [2.05, 4.69) is 15.8 Å². The maximum absolute atomic E-state index is 13.8. The van der Waals surface area contributed by atoms with E-state index in [1.165, 1.54) is 40.7 Å². The summed E-state index contributed by atoms with van der Waals surface area (Å²) in [5, 5.41) is 0.154. The average Bonchev–Trinajstić information content (AvgIpc) is 2.82. The summed E-state index contributed by atoms with van der Waals surface area (Å²) in [6.07, 6.45) is 0. The number of aromatic nitrogens is 1. The number of H-pyrrole nitrogens is 1. The normalized spacial score (nSPS) is 14.7. The second-order valence-electron chi connectivity index (χ2n) is 7.16. The number of nitrogens with zero attached hydrogens (tertiary/aromatic N) is 1. The van der Waals surface area contributed by atoms with Crippen LogP contribution >= 0.6 is 0 Å². The third kappa shape index (κ3) is 4.62. The zero-order valence-corrected chi connectivity index (χ0v) is 17.9. The maximum Gasteiger partial charge on any atom is 0.272 e. The van der Waals surface area contributed by atoms with Gasteiger partial charge in [-0.3, -0.25) is 25.2 Å². The molecule has 0 atom stereocenters. The van der Waals surface area contributed by atoms with Crippen LogP contribution in [0.5, 0.6) is 0 Å². The highest BCUT2D eigenvalue weighted by molar-refractivity contribution is 7.89. The average molecular weight is 474 g/mol. The van der Waals surface area contributed by atoms with Gasteiger partial charge in [0.1, 0.15) is 5.82 Å². The molecule has 10 nitrogen and oxygen atoms in total. The van der Waals surface area contributed by atoms with Crippen LogP contribution in [-0.4, -0.2) is 55.8 Å². The van der Waals surface area contributed by atoms with Gasteiger partial charge in [-0.05, 0) is 30.3 Å². The quantitative estimate of drug-likeness (QED) is 0.478. The molecule has 33 heavy (non-hydrogen) atoms. The number of morpholine rings is 1. The smallest absolute Gasteiger partial charge is 0.272 e. The van der Waals surface area contributed by atoms with Gasteiger partial charge in [0.2, 0.25) is 15.6 Å². The predicted octanol–water partition coefficient (Wildman–Crippen LogP) is 0.763. The Labute approximate surface area is 187 Å². The number of hydrogen-bond donors (Lipinski definition) is 3. The molecular weight excluding hydrogens is 455 g/mol. The van der Waals surface area contributed by atoms with Crippen LogP contribution in [0.15, 0.2) is 58.2 Å². The minimum absolute atomic E-state index is 0.0617. The highest BCUT2D eigenvalue weighted by atomic mass is 32.2. The first kappa shape index (κ1) is 22.6. The number of rotatable bonds is 4. The summed E-state index contributed by atoms with van der Waals surface area (Å²) >= 11 is 0. The second-order valence-corrected chi connectivity index (χ2v) is 9.10. The fourth-order valence-corrected chi connectivity index (χ4v) is 4.85. The summed E-state index contributed by atoms with van der Waals surface area (Å²) < 4.78 is 46.2. The molecule has 4 rings (SSSR count). The molecule has 0 radical (unpaired) electrons. The van der Waals surface area contributed by atoms with Gasteiger partial charge in [0.25, 0.3) is 11.8 Å². The monoisotopic (exact) mass is 474 g/mol. The number of aromatic amines is 1. The molecule has 3 aromatic rings. The lowest BCUT2D eigenvalue weighted by Crippen LogP contribution is -2.42. The number of benzene rings is 2. The van der Waals surface area contributed by atoms with Crippen molar-refractivity contribution in [1.29, 1.82) is 0 Å². The van der Waals surface area contributed by atoms with Crippen LogP contribution in [0.3, 0.4) is 0 Å². The van der Waals surface area contributed by atoms with E-state index in [1.54, 1.807) is 0 Å². The first-order valence-corrected chi connectivity index (χ1v) is 11.3. The van der Waals surface area contributed by atoms with Crippen LogP contribution in [0.1, 0.15) is 20.7 Å². The highest BCUT2D eigenvalue weighted by Crippen LogP contribution is 2.23. The molecule has 2 aromatic carbocycles. The molecule has 1 saturated heterocycles. The zero-order chi connectivity index (χ0) is 23.6.